The fourth-order valence-electron chi connectivity index (χ4n) is 3.31. The molecule has 0 radical (unpaired) electrons. The predicted molar refractivity (Wildman–Crippen MR) is 129 cm³/mol. The van der Waals surface area contributed by atoms with Crippen LogP contribution in [-0.2, 0) is 21.2 Å². The van der Waals surface area contributed by atoms with Gasteiger partial charge >= 0.3 is 0 Å². The number of hydrogen-bond acceptors (Lipinski definition) is 7. The minimum Gasteiger partial charge on any atom is -0.467 e. The maximum atomic E-state index is 13.2. The Morgan fingerprint density at radius 1 is 1.09 bits per heavy atom. The van der Waals surface area contributed by atoms with Crippen LogP contribution in [0.2, 0.25) is 0 Å². The molecule has 2 aromatic carbocycles. The fourth-order valence-corrected chi connectivity index (χ4v) is 6.28. The number of carbonyl (C=O) groups excluding carboxylic acids is 1. The molecule has 2 heterocycles. The third-order valence-corrected chi connectivity index (χ3v) is 8.55. The van der Waals surface area contributed by atoms with Crippen molar-refractivity contribution >= 4 is 54.2 Å². The molecule has 0 N–H and O–H groups in total. The van der Waals surface area contributed by atoms with Gasteiger partial charge in [0.2, 0.25) is 5.91 Å². The number of fused-ring (bicyclic) bond motifs is 1. The largest absolute Gasteiger partial charge is 0.467 e. The molecule has 0 fully saturated rings. The average Bonchev–Trinajstić information content (AvgIpc) is 3.47. The average molecular weight is 487 g/mol. The quantitative estimate of drug-likeness (QED) is 0.295. The number of carbonyl (C=O) groups is 1. The highest BCUT2D eigenvalue weighted by atomic mass is 32.2. The van der Waals surface area contributed by atoms with E-state index in [1.807, 2.05) is 24.5 Å². The van der Waals surface area contributed by atoms with Crippen LogP contribution in [0.1, 0.15) is 18.6 Å². The maximum Gasteiger partial charge on any atom is 0.229 e. The number of furan rings is 1. The summed E-state index contributed by atoms with van der Waals surface area (Å²) in [5.74, 6) is 0.363. The second-order valence-electron chi connectivity index (χ2n) is 7.10. The molecule has 166 valence electrons. The molecule has 2 aromatic heterocycles. The van der Waals surface area contributed by atoms with Crippen LogP contribution in [0.15, 0.2) is 81.1 Å². The molecule has 0 spiro atoms. The van der Waals surface area contributed by atoms with Crippen LogP contribution in [0.3, 0.4) is 0 Å². The van der Waals surface area contributed by atoms with Crippen LogP contribution in [0.4, 0.5) is 5.13 Å². The highest BCUT2D eigenvalue weighted by Gasteiger charge is 2.23. The fraction of sp³-hybridized carbons (Fsp3) is 0.217. The summed E-state index contributed by atoms with van der Waals surface area (Å²) in [5.41, 5.74) is 0.865. The SMILES string of the molecule is CSc1cccc2sc(N(Cc3ccco3)C(=O)CCCS(=O)(=O)c3ccccc3)nc12. The molecule has 0 aliphatic heterocycles. The minimum atomic E-state index is -3.43. The molecule has 1 amide bonds. The molecule has 0 saturated carbocycles. The van der Waals surface area contributed by atoms with Crippen LogP contribution in [0.25, 0.3) is 10.2 Å². The highest BCUT2D eigenvalue weighted by Crippen LogP contribution is 2.35. The molecule has 0 atom stereocenters. The summed E-state index contributed by atoms with van der Waals surface area (Å²) >= 11 is 3.05. The van der Waals surface area contributed by atoms with Crippen molar-refractivity contribution in [2.24, 2.45) is 0 Å². The third-order valence-electron chi connectivity index (χ3n) is 4.92. The van der Waals surface area contributed by atoms with E-state index in [-0.39, 0.29) is 35.9 Å². The second-order valence-corrected chi connectivity index (χ2v) is 11.1. The number of anilines is 1. The molecule has 0 saturated heterocycles. The lowest BCUT2D eigenvalue weighted by Gasteiger charge is -2.18. The van der Waals surface area contributed by atoms with Gasteiger partial charge in [-0.15, -0.1) is 11.8 Å². The molecule has 0 aliphatic carbocycles. The van der Waals surface area contributed by atoms with Crippen molar-refractivity contribution in [2.75, 3.05) is 16.9 Å². The number of rotatable bonds is 9. The molecule has 0 bridgehead atoms. The van der Waals surface area contributed by atoms with Gasteiger partial charge in [0.15, 0.2) is 15.0 Å². The lowest BCUT2D eigenvalue weighted by molar-refractivity contribution is -0.118. The zero-order valence-electron chi connectivity index (χ0n) is 17.4. The van der Waals surface area contributed by atoms with Crippen molar-refractivity contribution in [2.45, 2.75) is 29.2 Å². The van der Waals surface area contributed by atoms with Crippen molar-refractivity contribution in [1.82, 2.24) is 4.98 Å². The number of aromatic nitrogens is 1. The summed E-state index contributed by atoms with van der Waals surface area (Å²) in [6.45, 7) is 0.242. The molecule has 4 aromatic rings. The topological polar surface area (TPSA) is 80.5 Å². The van der Waals surface area contributed by atoms with E-state index in [1.54, 1.807) is 65.4 Å². The molecular weight excluding hydrogens is 464 g/mol. The summed E-state index contributed by atoms with van der Waals surface area (Å²) in [7, 11) is -3.43. The maximum absolute atomic E-state index is 13.2. The van der Waals surface area contributed by atoms with Crippen molar-refractivity contribution < 1.29 is 17.6 Å². The number of thiazole rings is 1. The zero-order chi connectivity index (χ0) is 22.6. The third kappa shape index (κ3) is 5.06. The molecule has 32 heavy (non-hydrogen) atoms. The monoisotopic (exact) mass is 486 g/mol. The molecule has 6 nitrogen and oxygen atoms in total. The Morgan fingerprint density at radius 3 is 2.62 bits per heavy atom. The Hall–Kier alpha value is -2.62. The number of hydrogen-bond donors (Lipinski definition) is 0. The first kappa shape index (κ1) is 22.6. The van der Waals surface area contributed by atoms with Gasteiger partial charge in [-0.3, -0.25) is 9.69 Å². The molecule has 0 unspecified atom stereocenters. The summed E-state index contributed by atoms with van der Waals surface area (Å²) in [5, 5.41) is 0.578. The number of nitrogens with zero attached hydrogens (tertiary/aromatic N) is 2. The van der Waals surface area contributed by atoms with Gasteiger partial charge in [0.25, 0.3) is 0 Å². The van der Waals surface area contributed by atoms with Crippen molar-refractivity contribution in [3.63, 3.8) is 0 Å². The normalized spacial score (nSPS) is 11.7. The molecular formula is C23H22N2O4S3. The van der Waals surface area contributed by atoms with Gasteiger partial charge in [-0.25, -0.2) is 13.4 Å². The van der Waals surface area contributed by atoms with Gasteiger partial charge in [0.05, 0.1) is 33.7 Å². The first-order valence-electron chi connectivity index (χ1n) is 10.0. The first-order chi connectivity index (χ1) is 15.5. The van der Waals surface area contributed by atoms with E-state index in [9.17, 15) is 13.2 Å². The van der Waals surface area contributed by atoms with Gasteiger partial charge in [0.1, 0.15) is 5.76 Å². The van der Waals surface area contributed by atoms with Crippen LogP contribution < -0.4 is 4.90 Å². The van der Waals surface area contributed by atoms with E-state index < -0.39 is 9.84 Å². The number of para-hydroxylation sites is 1. The molecule has 0 aliphatic rings. The number of sulfone groups is 1. The van der Waals surface area contributed by atoms with E-state index in [4.69, 9.17) is 9.40 Å². The summed E-state index contributed by atoms with van der Waals surface area (Å²) in [6, 6.07) is 17.9. The van der Waals surface area contributed by atoms with Crippen molar-refractivity contribution in [3.8, 4) is 0 Å². The molecule has 4 rings (SSSR count). The first-order valence-corrected chi connectivity index (χ1v) is 13.7. The lowest BCUT2D eigenvalue weighted by Crippen LogP contribution is -2.30. The Labute approximate surface area is 195 Å². The second kappa shape index (κ2) is 9.89. The van der Waals surface area contributed by atoms with Crippen LogP contribution in [0, 0.1) is 0 Å². The van der Waals surface area contributed by atoms with E-state index in [2.05, 4.69) is 0 Å². The van der Waals surface area contributed by atoms with Crippen LogP contribution in [-0.4, -0.2) is 31.3 Å². The van der Waals surface area contributed by atoms with E-state index in [0.717, 1.165) is 15.1 Å². The Bertz CT molecular complexity index is 1300. The minimum absolute atomic E-state index is 0.0895. The van der Waals surface area contributed by atoms with E-state index in [1.165, 1.54) is 11.3 Å². The number of benzene rings is 2. The molecule has 9 heteroatoms. The van der Waals surface area contributed by atoms with E-state index >= 15 is 0 Å². The van der Waals surface area contributed by atoms with Crippen molar-refractivity contribution in [3.05, 3.63) is 72.7 Å². The Kier molecular flexibility index (Phi) is 6.98. The summed E-state index contributed by atoms with van der Waals surface area (Å²) < 4.78 is 31.5. The van der Waals surface area contributed by atoms with Gasteiger partial charge in [-0.2, -0.15) is 0 Å². The zero-order valence-corrected chi connectivity index (χ0v) is 19.9. The Balaban J connectivity index is 1.53. The summed E-state index contributed by atoms with van der Waals surface area (Å²) in [4.78, 5) is 20.8. The lowest BCUT2D eigenvalue weighted by atomic mass is 10.3. The van der Waals surface area contributed by atoms with Crippen molar-refractivity contribution in [1.29, 1.82) is 0 Å². The smallest absolute Gasteiger partial charge is 0.229 e. The number of thioether (sulfide) groups is 1. The summed E-state index contributed by atoms with van der Waals surface area (Å²) in [6.07, 6.45) is 3.88. The number of amides is 1. The van der Waals surface area contributed by atoms with Crippen LogP contribution >= 0.6 is 23.1 Å². The predicted octanol–water partition coefficient (Wildman–Crippen LogP) is 5.40. The van der Waals surface area contributed by atoms with Gasteiger partial charge in [-0.05, 0) is 49.1 Å². The van der Waals surface area contributed by atoms with Crippen LogP contribution in [0.5, 0.6) is 0 Å². The van der Waals surface area contributed by atoms with E-state index in [0.29, 0.717) is 10.9 Å². The van der Waals surface area contributed by atoms with Gasteiger partial charge < -0.3 is 4.42 Å². The van der Waals surface area contributed by atoms with Gasteiger partial charge in [0, 0.05) is 11.3 Å². The highest BCUT2D eigenvalue weighted by molar-refractivity contribution is 7.98. The Morgan fingerprint density at radius 2 is 1.91 bits per heavy atom. The van der Waals surface area contributed by atoms with Gasteiger partial charge in [-0.1, -0.05) is 35.6 Å². The standard InChI is InChI=1S/C23H22N2O4S3/c1-30-19-11-5-12-20-22(19)24-23(31-20)25(16-17-8-6-14-29-17)21(26)13-7-15-32(27,28)18-9-3-2-4-10-18/h2-6,8-12,14H,7,13,15-16H2,1H3.